The third kappa shape index (κ3) is 8.94. The maximum Gasteiger partial charge on any atom is 0.417 e. The Hall–Kier alpha value is -3.16. The molecule has 0 saturated carbocycles. The zero-order valence-corrected chi connectivity index (χ0v) is 21.8. The van der Waals surface area contributed by atoms with Crippen LogP contribution in [0.1, 0.15) is 11.1 Å². The number of anilines is 3. The molecular formula is C23H18Cl3F6N5O2. The highest BCUT2D eigenvalue weighted by molar-refractivity contribution is 6.33. The van der Waals surface area contributed by atoms with Gasteiger partial charge >= 0.3 is 18.4 Å². The molecule has 1 aromatic carbocycles. The quantitative estimate of drug-likeness (QED) is 0.241. The zero-order chi connectivity index (χ0) is 28.8. The minimum Gasteiger partial charge on any atom is -0.447 e. The SMILES string of the molecule is O=C(Nc1ccc(Cl)cc1)OCCN(CCNc1ncc(C(F)(F)F)cc1Cl)c1ncc(C(F)(F)F)cc1Cl. The van der Waals surface area contributed by atoms with Crippen molar-refractivity contribution < 1.29 is 35.9 Å². The number of nitrogens with one attached hydrogen (secondary N) is 2. The minimum atomic E-state index is -4.67. The van der Waals surface area contributed by atoms with Crippen LogP contribution in [0.3, 0.4) is 0 Å². The number of pyridine rings is 2. The van der Waals surface area contributed by atoms with Gasteiger partial charge in [-0.15, -0.1) is 0 Å². The third-order valence-corrected chi connectivity index (χ3v) is 5.79. The largest absolute Gasteiger partial charge is 0.447 e. The molecule has 3 aromatic rings. The van der Waals surface area contributed by atoms with Crippen LogP contribution in [-0.2, 0) is 17.1 Å². The predicted octanol–water partition coefficient (Wildman–Crippen LogP) is 7.64. The number of nitrogens with zero attached hydrogens (tertiary/aromatic N) is 3. The van der Waals surface area contributed by atoms with Gasteiger partial charge in [-0.05, 0) is 36.4 Å². The highest BCUT2D eigenvalue weighted by Crippen LogP contribution is 2.34. The summed E-state index contributed by atoms with van der Waals surface area (Å²) in [6, 6.07) is 7.62. The van der Waals surface area contributed by atoms with Crippen molar-refractivity contribution in [1.82, 2.24) is 9.97 Å². The van der Waals surface area contributed by atoms with Gasteiger partial charge in [-0.3, -0.25) is 5.32 Å². The number of rotatable bonds is 9. The number of benzene rings is 1. The summed E-state index contributed by atoms with van der Waals surface area (Å²) in [5, 5.41) is 5.09. The fourth-order valence-corrected chi connectivity index (χ4v) is 3.76. The van der Waals surface area contributed by atoms with Crippen molar-refractivity contribution in [2.24, 2.45) is 0 Å². The monoisotopic (exact) mass is 615 g/mol. The lowest BCUT2D eigenvalue weighted by Gasteiger charge is -2.25. The highest BCUT2D eigenvalue weighted by atomic mass is 35.5. The maximum atomic E-state index is 13.0. The molecule has 0 unspecified atom stereocenters. The molecule has 1 amide bonds. The van der Waals surface area contributed by atoms with Crippen LogP contribution in [0, 0.1) is 0 Å². The summed E-state index contributed by atoms with van der Waals surface area (Å²) in [6.07, 6.45) is -8.90. The Morgan fingerprint density at radius 3 is 2.03 bits per heavy atom. The first kappa shape index (κ1) is 30.4. The lowest BCUT2D eigenvalue weighted by atomic mass is 10.2. The smallest absolute Gasteiger partial charge is 0.417 e. The number of hydrogen-bond donors (Lipinski definition) is 2. The van der Waals surface area contributed by atoms with Gasteiger partial charge in [-0.25, -0.2) is 14.8 Å². The van der Waals surface area contributed by atoms with Crippen LogP contribution in [-0.4, -0.2) is 42.3 Å². The molecule has 2 N–H and O–H groups in total. The zero-order valence-electron chi connectivity index (χ0n) is 19.5. The van der Waals surface area contributed by atoms with E-state index in [2.05, 4.69) is 20.6 Å². The molecule has 0 bridgehead atoms. The standard InChI is InChI=1S/C23H18Cl3F6N5O2/c24-15-1-3-16(4-2-15)36-21(38)39-8-7-37(20-18(26)10-14(12-35-20)23(30,31)32)6-5-33-19-17(25)9-13(11-34-19)22(27,28)29/h1-4,9-12H,5-8H2,(H,33,34)(H,36,38). The molecule has 2 heterocycles. The maximum absolute atomic E-state index is 13.0. The van der Waals surface area contributed by atoms with Gasteiger partial charge in [0.25, 0.3) is 0 Å². The van der Waals surface area contributed by atoms with E-state index >= 15 is 0 Å². The number of ether oxygens (including phenoxy) is 1. The molecule has 210 valence electrons. The van der Waals surface area contributed by atoms with E-state index in [9.17, 15) is 31.1 Å². The molecule has 0 aliphatic rings. The number of carbonyl (C=O) groups is 1. The second-order valence-electron chi connectivity index (χ2n) is 7.76. The molecule has 7 nitrogen and oxygen atoms in total. The Morgan fingerprint density at radius 2 is 1.46 bits per heavy atom. The van der Waals surface area contributed by atoms with Gasteiger partial charge in [-0.2, -0.15) is 26.3 Å². The Kier molecular flexibility index (Phi) is 9.97. The molecule has 0 saturated heterocycles. The van der Waals surface area contributed by atoms with Crippen LogP contribution in [0.5, 0.6) is 0 Å². The average Bonchev–Trinajstić information content (AvgIpc) is 2.84. The Labute approximate surface area is 233 Å². The van der Waals surface area contributed by atoms with Crippen molar-refractivity contribution >= 4 is 58.2 Å². The lowest BCUT2D eigenvalue weighted by molar-refractivity contribution is -0.138. The Balaban J connectivity index is 1.68. The second kappa shape index (κ2) is 12.8. The fraction of sp³-hybridized carbons (Fsp3) is 0.261. The number of hydrogen-bond acceptors (Lipinski definition) is 6. The van der Waals surface area contributed by atoms with E-state index in [1.807, 2.05) is 0 Å². The number of amides is 1. The van der Waals surface area contributed by atoms with Crippen LogP contribution in [0.25, 0.3) is 0 Å². The van der Waals surface area contributed by atoms with Crippen molar-refractivity contribution in [3.8, 4) is 0 Å². The summed E-state index contributed by atoms with van der Waals surface area (Å²) in [6.45, 7) is -0.257. The summed E-state index contributed by atoms with van der Waals surface area (Å²) in [4.78, 5) is 21.0. The van der Waals surface area contributed by atoms with E-state index in [4.69, 9.17) is 39.5 Å². The van der Waals surface area contributed by atoms with E-state index in [0.29, 0.717) is 35.2 Å². The number of alkyl halides is 6. The van der Waals surface area contributed by atoms with Gasteiger partial charge in [0.2, 0.25) is 0 Å². The second-order valence-corrected chi connectivity index (χ2v) is 9.01. The topological polar surface area (TPSA) is 79.4 Å². The van der Waals surface area contributed by atoms with Crippen LogP contribution in [0.2, 0.25) is 15.1 Å². The van der Waals surface area contributed by atoms with Gasteiger partial charge in [0.1, 0.15) is 18.2 Å². The van der Waals surface area contributed by atoms with Crippen LogP contribution >= 0.6 is 34.8 Å². The molecule has 39 heavy (non-hydrogen) atoms. The average molecular weight is 617 g/mol. The molecule has 0 atom stereocenters. The lowest BCUT2D eigenvalue weighted by Crippen LogP contribution is -2.34. The van der Waals surface area contributed by atoms with E-state index in [-0.39, 0.29) is 47.9 Å². The van der Waals surface area contributed by atoms with Gasteiger partial charge < -0.3 is 15.0 Å². The fourth-order valence-electron chi connectivity index (χ4n) is 3.11. The van der Waals surface area contributed by atoms with E-state index in [0.717, 1.165) is 0 Å². The molecule has 0 aliphatic heterocycles. The molecule has 0 fully saturated rings. The van der Waals surface area contributed by atoms with Gasteiger partial charge in [0.15, 0.2) is 0 Å². The van der Waals surface area contributed by atoms with Crippen LogP contribution in [0.4, 0.5) is 48.5 Å². The summed E-state index contributed by atoms with van der Waals surface area (Å²) in [5.74, 6) is -0.0886. The number of carbonyl (C=O) groups excluding carboxylic acids is 1. The highest BCUT2D eigenvalue weighted by Gasteiger charge is 2.33. The summed E-state index contributed by atoms with van der Waals surface area (Å²) < 4.78 is 82.8. The minimum absolute atomic E-state index is 0.00802. The van der Waals surface area contributed by atoms with E-state index in [1.165, 1.54) is 4.90 Å². The molecule has 16 heteroatoms. The number of halogens is 9. The Morgan fingerprint density at radius 1 is 0.872 bits per heavy atom. The molecule has 0 radical (unpaired) electrons. The van der Waals surface area contributed by atoms with Crippen molar-refractivity contribution in [2.75, 3.05) is 41.8 Å². The van der Waals surface area contributed by atoms with Crippen LogP contribution in [0.15, 0.2) is 48.8 Å². The first-order chi connectivity index (χ1) is 18.2. The molecular weight excluding hydrogens is 599 g/mol. The van der Waals surface area contributed by atoms with Crippen molar-refractivity contribution in [1.29, 1.82) is 0 Å². The Bertz CT molecular complexity index is 1290. The van der Waals surface area contributed by atoms with Crippen molar-refractivity contribution in [3.05, 3.63) is 75.0 Å². The summed E-state index contributed by atoms with van der Waals surface area (Å²) >= 11 is 17.8. The van der Waals surface area contributed by atoms with Gasteiger partial charge in [0.05, 0.1) is 27.7 Å². The van der Waals surface area contributed by atoms with Crippen LogP contribution < -0.4 is 15.5 Å². The normalized spacial score (nSPS) is 11.7. The molecule has 3 rings (SSSR count). The van der Waals surface area contributed by atoms with Gasteiger partial charge in [-0.1, -0.05) is 34.8 Å². The summed E-state index contributed by atoms with van der Waals surface area (Å²) in [7, 11) is 0. The first-order valence-electron chi connectivity index (χ1n) is 10.9. The molecule has 2 aromatic heterocycles. The van der Waals surface area contributed by atoms with Crippen molar-refractivity contribution in [2.45, 2.75) is 12.4 Å². The molecule has 0 aliphatic carbocycles. The third-order valence-electron chi connectivity index (χ3n) is 4.98. The number of aromatic nitrogens is 2. The predicted molar refractivity (Wildman–Crippen MR) is 136 cm³/mol. The first-order valence-corrected chi connectivity index (χ1v) is 12.0. The summed E-state index contributed by atoms with van der Waals surface area (Å²) in [5.41, 5.74) is -1.68. The van der Waals surface area contributed by atoms with Gasteiger partial charge in [0, 0.05) is 36.2 Å². The molecule has 0 spiro atoms. The van der Waals surface area contributed by atoms with E-state index < -0.39 is 29.6 Å². The van der Waals surface area contributed by atoms with Crippen molar-refractivity contribution in [3.63, 3.8) is 0 Å². The van der Waals surface area contributed by atoms with E-state index in [1.54, 1.807) is 24.3 Å².